The predicted octanol–water partition coefficient (Wildman–Crippen LogP) is 2.94. The lowest BCUT2D eigenvalue weighted by Gasteiger charge is -2.07. The quantitative estimate of drug-likeness (QED) is 0.480. The molecule has 2 aromatic rings. The van der Waals surface area contributed by atoms with Crippen molar-refractivity contribution in [3.05, 3.63) is 40.4 Å². The van der Waals surface area contributed by atoms with Crippen LogP contribution in [0.2, 0.25) is 0 Å². The number of rotatable bonds is 6. The first kappa shape index (κ1) is 15.0. The van der Waals surface area contributed by atoms with Gasteiger partial charge in [0, 0.05) is 18.7 Å². The van der Waals surface area contributed by atoms with Crippen LogP contribution in [0.4, 0.5) is 17.5 Å². The lowest BCUT2D eigenvalue weighted by Crippen LogP contribution is -2.05. The van der Waals surface area contributed by atoms with Crippen molar-refractivity contribution in [3.63, 3.8) is 0 Å². The van der Waals surface area contributed by atoms with Crippen LogP contribution < -0.4 is 11.1 Å². The molecule has 1 heterocycles. The summed E-state index contributed by atoms with van der Waals surface area (Å²) in [5.74, 6) is 0.752. The van der Waals surface area contributed by atoms with E-state index in [4.69, 9.17) is 5.73 Å². The van der Waals surface area contributed by atoms with Crippen molar-refractivity contribution < 1.29 is 4.92 Å². The van der Waals surface area contributed by atoms with Crippen molar-refractivity contribution in [3.8, 4) is 0 Å². The zero-order chi connectivity index (χ0) is 15.2. The van der Waals surface area contributed by atoms with Gasteiger partial charge in [-0.1, -0.05) is 30.8 Å². The van der Waals surface area contributed by atoms with Crippen LogP contribution in [-0.2, 0) is 0 Å². The molecule has 1 aromatic heterocycles. The van der Waals surface area contributed by atoms with Gasteiger partial charge in [0.15, 0.2) is 0 Å². The molecule has 0 amide bonds. The molecule has 0 aliphatic rings. The van der Waals surface area contributed by atoms with E-state index in [1.165, 1.54) is 17.8 Å². The van der Waals surface area contributed by atoms with Gasteiger partial charge in [0.05, 0.1) is 9.82 Å². The molecule has 0 radical (unpaired) electrons. The monoisotopic (exact) mass is 305 g/mol. The first-order chi connectivity index (χ1) is 10.1. The number of hydrogen-bond donors (Lipinski definition) is 2. The predicted molar refractivity (Wildman–Crippen MR) is 82.4 cm³/mol. The maximum Gasteiger partial charge on any atom is 0.283 e. The van der Waals surface area contributed by atoms with E-state index in [1.807, 2.05) is 6.92 Å². The molecule has 0 saturated heterocycles. The van der Waals surface area contributed by atoms with Gasteiger partial charge in [0.1, 0.15) is 10.8 Å². The average Bonchev–Trinajstić information content (AvgIpc) is 2.45. The standard InChI is InChI=1S/C13H15N5O2S/c1-2-7-15-11-8-12(17-13(14)16-11)21-10-6-4-3-5-9(10)18(19)20/h3-6,8H,2,7H2,1H3,(H3,14,15,16,17). The van der Waals surface area contributed by atoms with Gasteiger partial charge in [-0.3, -0.25) is 10.1 Å². The summed E-state index contributed by atoms with van der Waals surface area (Å²) in [6.07, 6.45) is 0.955. The molecule has 0 saturated carbocycles. The number of benzene rings is 1. The van der Waals surface area contributed by atoms with E-state index >= 15 is 0 Å². The van der Waals surface area contributed by atoms with E-state index in [2.05, 4.69) is 15.3 Å². The fourth-order valence-electron chi connectivity index (χ4n) is 1.65. The van der Waals surface area contributed by atoms with E-state index < -0.39 is 4.92 Å². The van der Waals surface area contributed by atoms with Crippen molar-refractivity contribution in [1.29, 1.82) is 0 Å². The molecule has 8 heteroatoms. The Labute approximate surface area is 126 Å². The smallest absolute Gasteiger partial charge is 0.283 e. The van der Waals surface area contributed by atoms with Gasteiger partial charge in [-0.05, 0) is 12.5 Å². The maximum absolute atomic E-state index is 11.0. The van der Waals surface area contributed by atoms with Crippen molar-refractivity contribution in [2.75, 3.05) is 17.6 Å². The summed E-state index contributed by atoms with van der Waals surface area (Å²) in [5.41, 5.74) is 5.72. The molecule has 110 valence electrons. The Bertz CT molecular complexity index is 650. The third-order valence-electron chi connectivity index (χ3n) is 2.55. The summed E-state index contributed by atoms with van der Waals surface area (Å²) in [6, 6.07) is 8.25. The second-order valence-corrected chi connectivity index (χ2v) is 5.27. The number of nitrogens with one attached hydrogen (secondary N) is 1. The van der Waals surface area contributed by atoms with Crippen LogP contribution in [0.5, 0.6) is 0 Å². The first-order valence-electron chi connectivity index (χ1n) is 6.40. The number of aromatic nitrogens is 2. The molecule has 7 nitrogen and oxygen atoms in total. The summed E-state index contributed by atoms with van der Waals surface area (Å²) in [6.45, 7) is 2.81. The maximum atomic E-state index is 11.0. The number of nitro groups is 1. The third-order valence-corrected chi connectivity index (χ3v) is 3.54. The normalized spacial score (nSPS) is 10.3. The number of nitrogens with two attached hydrogens (primary N) is 1. The molecule has 0 spiro atoms. The van der Waals surface area contributed by atoms with Crippen LogP contribution in [0, 0.1) is 10.1 Å². The van der Waals surface area contributed by atoms with Gasteiger partial charge in [0.25, 0.3) is 5.69 Å². The van der Waals surface area contributed by atoms with E-state index in [0.717, 1.165) is 13.0 Å². The third kappa shape index (κ3) is 4.06. The first-order valence-corrected chi connectivity index (χ1v) is 7.21. The molecule has 0 atom stereocenters. The minimum absolute atomic E-state index is 0.0442. The van der Waals surface area contributed by atoms with Crippen LogP contribution in [-0.4, -0.2) is 21.4 Å². The van der Waals surface area contributed by atoms with Gasteiger partial charge in [0.2, 0.25) is 5.95 Å². The van der Waals surface area contributed by atoms with Crippen LogP contribution in [0.1, 0.15) is 13.3 Å². The highest BCUT2D eigenvalue weighted by molar-refractivity contribution is 7.99. The largest absolute Gasteiger partial charge is 0.370 e. The van der Waals surface area contributed by atoms with E-state index in [1.54, 1.807) is 24.3 Å². The van der Waals surface area contributed by atoms with Gasteiger partial charge >= 0.3 is 0 Å². The number of nitrogens with zero attached hydrogens (tertiary/aromatic N) is 3. The minimum atomic E-state index is -0.414. The van der Waals surface area contributed by atoms with Crippen LogP contribution >= 0.6 is 11.8 Å². The summed E-state index contributed by atoms with van der Waals surface area (Å²) < 4.78 is 0. The second-order valence-electron chi connectivity index (χ2n) is 4.20. The van der Waals surface area contributed by atoms with Crippen LogP contribution in [0.25, 0.3) is 0 Å². The number of nitrogen functional groups attached to an aromatic ring is 1. The number of para-hydroxylation sites is 1. The Balaban J connectivity index is 2.27. The molecule has 2 rings (SSSR count). The highest BCUT2D eigenvalue weighted by Crippen LogP contribution is 2.34. The van der Waals surface area contributed by atoms with Crippen molar-refractivity contribution in [1.82, 2.24) is 9.97 Å². The molecular weight excluding hydrogens is 290 g/mol. The van der Waals surface area contributed by atoms with Gasteiger partial charge in [-0.15, -0.1) is 0 Å². The molecule has 1 aromatic carbocycles. The summed E-state index contributed by atoms with van der Waals surface area (Å²) >= 11 is 1.19. The Morgan fingerprint density at radius 1 is 1.38 bits per heavy atom. The van der Waals surface area contributed by atoms with Crippen LogP contribution in [0.15, 0.2) is 40.3 Å². The highest BCUT2D eigenvalue weighted by Gasteiger charge is 2.15. The molecule has 3 N–H and O–H groups in total. The Morgan fingerprint density at radius 2 is 2.14 bits per heavy atom. The van der Waals surface area contributed by atoms with E-state index in [-0.39, 0.29) is 11.6 Å². The van der Waals surface area contributed by atoms with E-state index in [0.29, 0.717) is 15.7 Å². The number of anilines is 2. The average molecular weight is 305 g/mol. The van der Waals surface area contributed by atoms with Crippen LogP contribution in [0.3, 0.4) is 0 Å². The highest BCUT2D eigenvalue weighted by atomic mass is 32.2. The summed E-state index contributed by atoms with van der Waals surface area (Å²) in [4.78, 5) is 19.3. The summed E-state index contributed by atoms with van der Waals surface area (Å²) in [7, 11) is 0. The lowest BCUT2D eigenvalue weighted by molar-refractivity contribution is -0.387. The zero-order valence-corrected chi connectivity index (χ0v) is 12.3. The lowest BCUT2D eigenvalue weighted by atomic mass is 10.3. The molecule has 0 bridgehead atoms. The molecule has 0 aliphatic carbocycles. The fraction of sp³-hybridized carbons (Fsp3) is 0.231. The zero-order valence-electron chi connectivity index (χ0n) is 11.4. The molecule has 0 unspecified atom stereocenters. The van der Waals surface area contributed by atoms with Gasteiger partial charge < -0.3 is 11.1 Å². The minimum Gasteiger partial charge on any atom is -0.370 e. The molecule has 0 aliphatic heterocycles. The Kier molecular flexibility index (Phi) is 4.94. The van der Waals surface area contributed by atoms with Crippen molar-refractivity contribution >= 4 is 29.2 Å². The molecule has 21 heavy (non-hydrogen) atoms. The van der Waals surface area contributed by atoms with Gasteiger partial charge in [-0.25, -0.2) is 4.98 Å². The molecule has 0 fully saturated rings. The fourth-order valence-corrected chi connectivity index (χ4v) is 2.57. The number of hydrogen-bond acceptors (Lipinski definition) is 7. The van der Waals surface area contributed by atoms with E-state index in [9.17, 15) is 10.1 Å². The molecular formula is C13H15N5O2S. The SMILES string of the molecule is CCCNc1cc(Sc2ccccc2[N+](=O)[O-])nc(N)n1. The summed E-state index contributed by atoms with van der Waals surface area (Å²) in [5, 5.41) is 14.7. The number of nitro benzene ring substituents is 1. The second kappa shape index (κ2) is 6.89. The Hall–Kier alpha value is -2.35. The van der Waals surface area contributed by atoms with Gasteiger partial charge in [-0.2, -0.15) is 4.98 Å². The topological polar surface area (TPSA) is 107 Å². The Morgan fingerprint density at radius 3 is 2.86 bits per heavy atom. The van der Waals surface area contributed by atoms with Crippen molar-refractivity contribution in [2.24, 2.45) is 0 Å². The van der Waals surface area contributed by atoms with Crippen molar-refractivity contribution in [2.45, 2.75) is 23.3 Å².